The molecule has 0 aliphatic carbocycles. The van der Waals surface area contributed by atoms with E-state index in [4.69, 9.17) is 10.2 Å². The predicted octanol–water partition coefficient (Wildman–Crippen LogP) is 4.04. The lowest BCUT2D eigenvalue weighted by Gasteiger charge is -2.22. The highest BCUT2D eigenvalue weighted by Crippen LogP contribution is 2.26. The van der Waals surface area contributed by atoms with Crippen molar-refractivity contribution in [3.05, 3.63) is 0 Å². The number of carbonyl (C=O) groups is 2. The maximum absolute atomic E-state index is 11.1. The SMILES string of the molecule is CCCC(C)CC(C)CC(C)CC(CC(=O)O)C(=O)O. The van der Waals surface area contributed by atoms with Gasteiger partial charge in [-0.1, -0.05) is 40.5 Å². The summed E-state index contributed by atoms with van der Waals surface area (Å²) in [5.74, 6) is -1.27. The van der Waals surface area contributed by atoms with Gasteiger partial charge in [0.25, 0.3) is 0 Å². The van der Waals surface area contributed by atoms with Crippen molar-refractivity contribution in [2.45, 2.75) is 66.2 Å². The normalized spacial score (nSPS) is 17.2. The Morgan fingerprint density at radius 3 is 1.85 bits per heavy atom. The number of hydrogen-bond donors (Lipinski definition) is 2. The molecule has 2 N–H and O–H groups in total. The molecule has 0 aromatic heterocycles. The van der Waals surface area contributed by atoms with Crippen LogP contribution in [0.4, 0.5) is 0 Å². The highest BCUT2D eigenvalue weighted by Gasteiger charge is 2.24. The largest absolute Gasteiger partial charge is 0.481 e. The first-order valence-corrected chi connectivity index (χ1v) is 7.70. The summed E-state index contributed by atoms with van der Waals surface area (Å²) < 4.78 is 0. The summed E-state index contributed by atoms with van der Waals surface area (Å²) in [5.41, 5.74) is 0. The molecule has 0 spiro atoms. The second kappa shape index (κ2) is 9.78. The average molecular weight is 286 g/mol. The van der Waals surface area contributed by atoms with Crippen LogP contribution >= 0.6 is 0 Å². The van der Waals surface area contributed by atoms with Crippen LogP contribution in [-0.2, 0) is 9.59 Å². The fourth-order valence-electron chi connectivity index (χ4n) is 3.14. The standard InChI is InChI=1S/C16H30O4/c1-5-6-11(2)7-12(3)8-13(4)9-14(16(19)20)10-15(17)18/h11-14H,5-10H2,1-4H3,(H,17,18)(H,19,20). The third-order valence-electron chi connectivity index (χ3n) is 3.85. The van der Waals surface area contributed by atoms with Crippen molar-refractivity contribution >= 4 is 11.9 Å². The molecule has 0 amide bonds. The Kier molecular flexibility index (Phi) is 9.26. The first kappa shape index (κ1) is 18.9. The fourth-order valence-corrected chi connectivity index (χ4v) is 3.14. The summed E-state index contributed by atoms with van der Waals surface area (Å²) in [6, 6.07) is 0. The smallest absolute Gasteiger partial charge is 0.307 e. The second-order valence-electron chi connectivity index (χ2n) is 6.44. The van der Waals surface area contributed by atoms with Gasteiger partial charge in [0.2, 0.25) is 0 Å². The molecule has 0 rings (SSSR count). The van der Waals surface area contributed by atoms with Crippen molar-refractivity contribution in [1.29, 1.82) is 0 Å². The van der Waals surface area contributed by atoms with Crippen LogP contribution in [0.1, 0.15) is 66.2 Å². The Balaban J connectivity index is 4.20. The number of carboxylic acids is 2. The van der Waals surface area contributed by atoms with Crippen molar-refractivity contribution in [2.24, 2.45) is 23.7 Å². The number of carboxylic acid groups (broad SMARTS) is 2. The van der Waals surface area contributed by atoms with E-state index in [2.05, 4.69) is 20.8 Å². The zero-order valence-electron chi connectivity index (χ0n) is 13.3. The zero-order valence-corrected chi connectivity index (χ0v) is 13.3. The minimum atomic E-state index is -1.03. The predicted molar refractivity (Wildman–Crippen MR) is 79.6 cm³/mol. The molecule has 0 saturated heterocycles. The zero-order chi connectivity index (χ0) is 15.7. The molecule has 0 aliphatic heterocycles. The second-order valence-corrected chi connectivity index (χ2v) is 6.44. The van der Waals surface area contributed by atoms with Gasteiger partial charge in [-0.3, -0.25) is 9.59 Å². The van der Waals surface area contributed by atoms with Gasteiger partial charge >= 0.3 is 11.9 Å². The van der Waals surface area contributed by atoms with Crippen molar-refractivity contribution < 1.29 is 19.8 Å². The molecule has 0 aromatic rings. The summed E-state index contributed by atoms with van der Waals surface area (Å²) in [6.07, 6.45) is 4.74. The van der Waals surface area contributed by atoms with Gasteiger partial charge in [-0.05, 0) is 37.0 Å². The summed E-state index contributed by atoms with van der Waals surface area (Å²) >= 11 is 0. The van der Waals surface area contributed by atoms with Crippen molar-refractivity contribution in [3.63, 3.8) is 0 Å². The maximum atomic E-state index is 11.1. The van der Waals surface area contributed by atoms with E-state index in [1.54, 1.807) is 0 Å². The molecule has 0 bridgehead atoms. The molecule has 0 heterocycles. The van der Waals surface area contributed by atoms with E-state index in [-0.39, 0.29) is 12.3 Å². The topological polar surface area (TPSA) is 74.6 Å². The van der Waals surface area contributed by atoms with Gasteiger partial charge in [0, 0.05) is 0 Å². The maximum Gasteiger partial charge on any atom is 0.307 e. The summed E-state index contributed by atoms with van der Waals surface area (Å²) in [7, 11) is 0. The van der Waals surface area contributed by atoms with E-state index in [1.165, 1.54) is 12.8 Å². The van der Waals surface area contributed by atoms with Crippen LogP contribution in [0.25, 0.3) is 0 Å². The summed E-state index contributed by atoms with van der Waals surface area (Å²) in [5, 5.41) is 17.8. The van der Waals surface area contributed by atoms with Gasteiger partial charge in [-0.15, -0.1) is 0 Å². The Morgan fingerprint density at radius 2 is 1.40 bits per heavy atom. The molecule has 4 heteroatoms. The molecule has 0 saturated carbocycles. The van der Waals surface area contributed by atoms with Crippen LogP contribution in [0, 0.1) is 23.7 Å². The molecule has 4 unspecified atom stereocenters. The van der Waals surface area contributed by atoms with Crippen molar-refractivity contribution in [3.8, 4) is 0 Å². The lowest BCUT2D eigenvalue weighted by molar-refractivity contribution is -0.148. The van der Waals surface area contributed by atoms with Gasteiger partial charge in [-0.25, -0.2) is 0 Å². The Hall–Kier alpha value is -1.06. The number of aliphatic carboxylic acids is 2. The minimum Gasteiger partial charge on any atom is -0.481 e. The Bertz CT molecular complexity index is 301. The molecule has 118 valence electrons. The van der Waals surface area contributed by atoms with Gasteiger partial charge in [-0.2, -0.15) is 0 Å². The molecule has 0 fully saturated rings. The van der Waals surface area contributed by atoms with Crippen molar-refractivity contribution in [1.82, 2.24) is 0 Å². The Morgan fingerprint density at radius 1 is 0.900 bits per heavy atom. The van der Waals surface area contributed by atoms with E-state index in [1.807, 2.05) is 6.92 Å². The molecule has 20 heavy (non-hydrogen) atoms. The molecular weight excluding hydrogens is 256 g/mol. The van der Waals surface area contributed by atoms with Gasteiger partial charge in [0.15, 0.2) is 0 Å². The van der Waals surface area contributed by atoms with E-state index in [0.29, 0.717) is 18.3 Å². The van der Waals surface area contributed by atoms with Gasteiger partial charge in [0.05, 0.1) is 12.3 Å². The van der Waals surface area contributed by atoms with Gasteiger partial charge in [0.1, 0.15) is 0 Å². The third-order valence-corrected chi connectivity index (χ3v) is 3.85. The molecule has 4 atom stereocenters. The van der Waals surface area contributed by atoms with Crippen LogP contribution in [0.5, 0.6) is 0 Å². The molecular formula is C16H30O4. The van der Waals surface area contributed by atoms with E-state index < -0.39 is 17.9 Å². The first-order chi connectivity index (χ1) is 9.26. The van der Waals surface area contributed by atoms with Crippen LogP contribution < -0.4 is 0 Å². The van der Waals surface area contributed by atoms with Crippen molar-refractivity contribution in [2.75, 3.05) is 0 Å². The van der Waals surface area contributed by atoms with Crippen LogP contribution in [-0.4, -0.2) is 22.2 Å². The monoisotopic (exact) mass is 286 g/mol. The van der Waals surface area contributed by atoms with E-state index in [0.717, 1.165) is 12.8 Å². The molecule has 4 nitrogen and oxygen atoms in total. The first-order valence-electron chi connectivity index (χ1n) is 7.70. The molecule has 0 radical (unpaired) electrons. The summed E-state index contributed by atoms with van der Waals surface area (Å²) in [4.78, 5) is 21.7. The third kappa shape index (κ3) is 8.94. The lowest BCUT2D eigenvalue weighted by Crippen LogP contribution is -2.21. The van der Waals surface area contributed by atoms with E-state index >= 15 is 0 Å². The lowest BCUT2D eigenvalue weighted by atomic mass is 9.83. The minimum absolute atomic E-state index is 0.249. The van der Waals surface area contributed by atoms with Crippen LogP contribution in [0.3, 0.4) is 0 Å². The van der Waals surface area contributed by atoms with Crippen LogP contribution in [0.2, 0.25) is 0 Å². The summed E-state index contributed by atoms with van der Waals surface area (Å²) in [6.45, 7) is 8.68. The highest BCUT2D eigenvalue weighted by atomic mass is 16.4. The van der Waals surface area contributed by atoms with Gasteiger partial charge < -0.3 is 10.2 Å². The quantitative estimate of drug-likeness (QED) is 0.601. The average Bonchev–Trinajstić information content (AvgIpc) is 2.26. The molecule has 0 aromatic carbocycles. The highest BCUT2D eigenvalue weighted by molar-refractivity contribution is 5.77. The van der Waals surface area contributed by atoms with Crippen LogP contribution in [0.15, 0.2) is 0 Å². The Labute approximate surface area is 122 Å². The van der Waals surface area contributed by atoms with E-state index in [9.17, 15) is 9.59 Å². The number of hydrogen-bond acceptors (Lipinski definition) is 2. The molecule has 0 aliphatic rings. The number of rotatable bonds is 11. The fraction of sp³-hybridized carbons (Fsp3) is 0.875.